The van der Waals surface area contributed by atoms with E-state index in [2.05, 4.69) is 4.98 Å². The van der Waals surface area contributed by atoms with E-state index in [0.29, 0.717) is 23.1 Å². The minimum atomic E-state index is -0.307. The number of carbonyl (C=O) groups is 1. The number of alkyl halides is 1. The van der Waals surface area contributed by atoms with Crippen molar-refractivity contribution in [2.24, 2.45) is 0 Å². The number of aromatic nitrogens is 1. The van der Waals surface area contributed by atoms with Gasteiger partial charge in [0.1, 0.15) is 9.88 Å². The number of hydrogen-bond acceptors (Lipinski definition) is 4. The molecule has 82 valence electrons. The Morgan fingerprint density at radius 3 is 3.00 bits per heavy atom. The van der Waals surface area contributed by atoms with Crippen molar-refractivity contribution < 1.29 is 9.53 Å². The number of allylic oxidation sites excluding steroid dienone is 1. The second-order valence-corrected chi connectivity index (χ2v) is 4.08. The van der Waals surface area contributed by atoms with Crippen LogP contribution in [-0.4, -0.2) is 23.4 Å². The molecule has 0 aliphatic carbocycles. The Bertz CT molecular complexity index is 373. The zero-order valence-corrected chi connectivity index (χ0v) is 10.2. The monoisotopic (exact) mass is 245 g/mol. The van der Waals surface area contributed by atoms with Crippen molar-refractivity contribution in [3.8, 4) is 0 Å². The Labute approximate surface area is 97.7 Å². The highest BCUT2D eigenvalue weighted by molar-refractivity contribution is 7.14. The molecule has 1 heterocycles. The van der Waals surface area contributed by atoms with Crippen molar-refractivity contribution in [2.75, 3.05) is 12.5 Å². The second-order valence-electron chi connectivity index (χ2n) is 2.74. The van der Waals surface area contributed by atoms with Gasteiger partial charge in [-0.15, -0.1) is 22.9 Å². The van der Waals surface area contributed by atoms with Crippen LogP contribution in [0.15, 0.2) is 6.08 Å². The lowest BCUT2D eigenvalue weighted by Crippen LogP contribution is -2.03. The zero-order chi connectivity index (χ0) is 11.3. The fourth-order valence-corrected chi connectivity index (χ4v) is 2.00. The average molecular weight is 246 g/mol. The van der Waals surface area contributed by atoms with Crippen LogP contribution in [-0.2, 0) is 4.74 Å². The highest BCUT2D eigenvalue weighted by atomic mass is 35.5. The summed E-state index contributed by atoms with van der Waals surface area (Å²) < 4.78 is 4.91. The largest absolute Gasteiger partial charge is 0.462 e. The Balaban J connectivity index is 2.86. The Kier molecular flexibility index (Phi) is 4.78. The van der Waals surface area contributed by atoms with E-state index in [-0.39, 0.29) is 5.97 Å². The van der Waals surface area contributed by atoms with E-state index in [0.717, 1.165) is 5.01 Å². The topological polar surface area (TPSA) is 39.2 Å². The van der Waals surface area contributed by atoms with Gasteiger partial charge in [0.05, 0.1) is 12.3 Å². The predicted molar refractivity (Wildman–Crippen MR) is 62.6 cm³/mol. The molecule has 0 unspecified atom stereocenters. The normalized spacial score (nSPS) is 10.9. The standard InChI is InChI=1S/C10H12ClNO2S/c1-3-14-10(13)9-7(2)12-8(15-9)5-4-6-11/h4-5H,3,6H2,1-2H3. The fourth-order valence-electron chi connectivity index (χ4n) is 1.02. The van der Waals surface area contributed by atoms with Crippen molar-refractivity contribution >= 4 is 35.0 Å². The molecule has 0 radical (unpaired) electrons. The number of aryl methyl sites for hydroxylation is 1. The molecular formula is C10H12ClNO2S. The molecule has 3 nitrogen and oxygen atoms in total. The van der Waals surface area contributed by atoms with Crippen LogP contribution in [0, 0.1) is 6.92 Å². The maximum absolute atomic E-state index is 11.5. The molecule has 0 atom stereocenters. The molecular weight excluding hydrogens is 234 g/mol. The molecule has 0 saturated carbocycles. The Morgan fingerprint density at radius 2 is 2.40 bits per heavy atom. The highest BCUT2D eigenvalue weighted by Crippen LogP contribution is 2.20. The Morgan fingerprint density at radius 1 is 1.67 bits per heavy atom. The summed E-state index contributed by atoms with van der Waals surface area (Å²) >= 11 is 6.83. The number of thiazole rings is 1. The van der Waals surface area contributed by atoms with E-state index in [9.17, 15) is 4.79 Å². The summed E-state index contributed by atoms with van der Waals surface area (Å²) in [6, 6.07) is 0. The van der Waals surface area contributed by atoms with Crippen LogP contribution in [0.3, 0.4) is 0 Å². The van der Waals surface area contributed by atoms with E-state index in [1.807, 2.05) is 0 Å². The van der Waals surface area contributed by atoms with E-state index in [1.165, 1.54) is 11.3 Å². The minimum Gasteiger partial charge on any atom is -0.462 e. The molecule has 1 aromatic rings. The first-order valence-corrected chi connectivity index (χ1v) is 5.91. The molecule has 0 spiro atoms. The summed E-state index contributed by atoms with van der Waals surface area (Å²) in [6.07, 6.45) is 3.59. The molecule has 0 amide bonds. The molecule has 1 rings (SSSR count). The van der Waals surface area contributed by atoms with Crippen molar-refractivity contribution in [2.45, 2.75) is 13.8 Å². The second kappa shape index (κ2) is 5.88. The van der Waals surface area contributed by atoms with Gasteiger partial charge in [-0.1, -0.05) is 6.08 Å². The molecule has 0 aliphatic heterocycles. The lowest BCUT2D eigenvalue weighted by atomic mass is 10.4. The van der Waals surface area contributed by atoms with E-state index >= 15 is 0 Å². The molecule has 15 heavy (non-hydrogen) atoms. The van der Waals surface area contributed by atoms with Gasteiger partial charge in [-0.05, 0) is 19.9 Å². The first-order valence-electron chi connectivity index (χ1n) is 4.56. The van der Waals surface area contributed by atoms with Crippen molar-refractivity contribution in [1.29, 1.82) is 0 Å². The van der Waals surface area contributed by atoms with Crippen LogP contribution in [0.25, 0.3) is 6.08 Å². The molecule has 0 aliphatic rings. The molecule has 0 saturated heterocycles. The molecule has 5 heteroatoms. The number of nitrogens with zero attached hydrogens (tertiary/aromatic N) is 1. The summed E-state index contributed by atoms with van der Waals surface area (Å²) in [5, 5.41) is 0.774. The summed E-state index contributed by atoms with van der Waals surface area (Å²) in [5.41, 5.74) is 0.702. The zero-order valence-electron chi connectivity index (χ0n) is 8.62. The average Bonchev–Trinajstić information content (AvgIpc) is 2.57. The first kappa shape index (κ1) is 12.2. The third-order valence-corrected chi connectivity index (χ3v) is 2.90. The molecule has 0 N–H and O–H groups in total. The van der Waals surface area contributed by atoms with Gasteiger partial charge in [-0.3, -0.25) is 0 Å². The number of rotatable bonds is 4. The van der Waals surface area contributed by atoms with Gasteiger partial charge in [0.2, 0.25) is 0 Å². The Hall–Kier alpha value is -0.870. The van der Waals surface area contributed by atoms with Crippen LogP contribution in [0.4, 0.5) is 0 Å². The van der Waals surface area contributed by atoms with E-state index < -0.39 is 0 Å². The van der Waals surface area contributed by atoms with Gasteiger partial charge in [0.15, 0.2) is 0 Å². The quantitative estimate of drug-likeness (QED) is 0.605. The summed E-state index contributed by atoms with van der Waals surface area (Å²) in [5.74, 6) is 0.130. The minimum absolute atomic E-state index is 0.307. The summed E-state index contributed by atoms with van der Waals surface area (Å²) in [4.78, 5) is 16.2. The maximum Gasteiger partial charge on any atom is 0.350 e. The number of hydrogen-bond donors (Lipinski definition) is 0. The van der Waals surface area contributed by atoms with Crippen molar-refractivity contribution in [3.63, 3.8) is 0 Å². The molecule has 0 bridgehead atoms. The van der Waals surface area contributed by atoms with Gasteiger partial charge in [0.25, 0.3) is 0 Å². The van der Waals surface area contributed by atoms with Gasteiger partial charge < -0.3 is 4.74 Å². The van der Waals surface area contributed by atoms with Crippen LogP contribution < -0.4 is 0 Å². The van der Waals surface area contributed by atoms with Crippen molar-refractivity contribution in [3.05, 3.63) is 21.7 Å². The van der Waals surface area contributed by atoms with Crippen LogP contribution in [0.5, 0.6) is 0 Å². The fraction of sp³-hybridized carbons (Fsp3) is 0.400. The molecule has 0 fully saturated rings. The third-order valence-electron chi connectivity index (χ3n) is 1.62. The van der Waals surface area contributed by atoms with E-state index in [1.54, 1.807) is 26.0 Å². The number of esters is 1. The van der Waals surface area contributed by atoms with Crippen molar-refractivity contribution in [1.82, 2.24) is 4.98 Å². The van der Waals surface area contributed by atoms with Crippen LogP contribution in [0.2, 0.25) is 0 Å². The predicted octanol–water partition coefficient (Wildman–Crippen LogP) is 2.88. The third kappa shape index (κ3) is 3.32. The van der Waals surface area contributed by atoms with Crippen LogP contribution >= 0.6 is 22.9 Å². The SMILES string of the molecule is CCOC(=O)c1sc(C=CCCl)nc1C. The summed E-state index contributed by atoms with van der Waals surface area (Å²) in [6.45, 7) is 3.95. The highest BCUT2D eigenvalue weighted by Gasteiger charge is 2.14. The lowest BCUT2D eigenvalue weighted by molar-refractivity contribution is 0.0531. The summed E-state index contributed by atoms with van der Waals surface area (Å²) in [7, 11) is 0. The van der Waals surface area contributed by atoms with E-state index in [4.69, 9.17) is 16.3 Å². The van der Waals surface area contributed by atoms with Crippen LogP contribution in [0.1, 0.15) is 27.3 Å². The number of halogens is 1. The molecule has 1 aromatic heterocycles. The molecule has 0 aromatic carbocycles. The number of carbonyl (C=O) groups excluding carboxylic acids is 1. The smallest absolute Gasteiger partial charge is 0.350 e. The van der Waals surface area contributed by atoms with Gasteiger partial charge in [0, 0.05) is 5.88 Å². The van der Waals surface area contributed by atoms with Gasteiger partial charge >= 0.3 is 5.97 Å². The van der Waals surface area contributed by atoms with Gasteiger partial charge in [-0.25, -0.2) is 9.78 Å². The maximum atomic E-state index is 11.5. The van der Waals surface area contributed by atoms with Gasteiger partial charge in [-0.2, -0.15) is 0 Å². The first-order chi connectivity index (χ1) is 7.19. The lowest BCUT2D eigenvalue weighted by Gasteiger charge is -1.97. The number of ether oxygens (including phenoxy) is 1.